The lowest BCUT2D eigenvalue weighted by Gasteiger charge is -2.25. The Morgan fingerprint density at radius 2 is 1.79 bits per heavy atom. The van der Waals surface area contributed by atoms with Gasteiger partial charge in [0.2, 0.25) is 0 Å². The van der Waals surface area contributed by atoms with Crippen LogP contribution in [0.5, 0.6) is 0 Å². The van der Waals surface area contributed by atoms with E-state index in [0.717, 1.165) is 33.4 Å². The van der Waals surface area contributed by atoms with Crippen LogP contribution in [-0.2, 0) is 11.2 Å². The number of carbonyl (C=O) groups is 1. The highest BCUT2D eigenvalue weighted by Gasteiger charge is 2.27. The van der Waals surface area contributed by atoms with Crippen LogP contribution >= 0.6 is 0 Å². The van der Waals surface area contributed by atoms with Crippen LogP contribution in [0.2, 0.25) is 0 Å². The number of ether oxygens (including phenoxy) is 1. The van der Waals surface area contributed by atoms with Gasteiger partial charge in [-0.25, -0.2) is 9.18 Å². The first-order valence-corrected chi connectivity index (χ1v) is 10.8. The van der Waals surface area contributed by atoms with Crippen LogP contribution in [0.25, 0.3) is 27.7 Å². The third-order valence-electron chi connectivity index (χ3n) is 6.08. The molecule has 34 heavy (non-hydrogen) atoms. The lowest BCUT2D eigenvalue weighted by molar-refractivity contribution is 0.0223. The number of nitrogens with one attached hydrogen (secondary N) is 1. The first-order valence-electron chi connectivity index (χ1n) is 10.8. The van der Waals surface area contributed by atoms with Crippen molar-refractivity contribution in [1.29, 1.82) is 5.41 Å². The van der Waals surface area contributed by atoms with Crippen LogP contribution < -0.4 is 5.73 Å². The van der Waals surface area contributed by atoms with Gasteiger partial charge >= 0.3 is 5.97 Å². The van der Waals surface area contributed by atoms with E-state index in [-0.39, 0.29) is 11.4 Å². The number of nitrogens with zero attached hydrogens (tertiary/aromatic N) is 1. The van der Waals surface area contributed by atoms with Gasteiger partial charge in [-0.2, -0.15) is 0 Å². The summed E-state index contributed by atoms with van der Waals surface area (Å²) in [7, 11) is 1.65. The number of aromatic nitrogens is 1. The summed E-state index contributed by atoms with van der Waals surface area (Å²) < 4.78 is 21.5. The topological polar surface area (TPSA) is 101 Å². The van der Waals surface area contributed by atoms with Crippen LogP contribution in [0.4, 0.5) is 10.1 Å². The molecule has 0 fully saturated rings. The van der Waals surface area contributed by atoms with Crippen molar-refractivity contribution >= 4 is 28.8 Å². The van der Waals surface area contributed by atoms with Gasteiger partial charge in [0.05, 0.1) is 16.7 Å². The van der Waals surface area contributed by atoms with Crippen molar-refractivity contribution < 1.29 is 19.0 Å². The number of benzene rings is 3. The van der Waals surface area contributed by atoms with E-state index < -0.39 is 11.6 Å². The zero-order chi connectivity index (χ0) is 24.6. The van der Waals surface area contributed by atoms with E-state index in [2.05, 4.69) is 0 Å². The molecule has 0 bridgehead atoms. The monoisotopic (exact) mass is 459 g/mol. The Kier molecular flexibility index (Phi) is 5.98. The molecule has 0 amide bonds. The predicted molar refractivity (Wildman–Crippen MR) is 133 cm³/mol. The minimum absolute atomic E-state index is 0.190. The number of hydrogen-bond acceptors (Lipinski definition) is 4. The number of anilines is 1. The van der Waals surface area contributed by atoms with E-state index in [9.17, 15) is 14.3 Å². The highest BCUT2D eigenvalue weighted by molar-refractivity contribution is 6.04. The van der Waals surface area contributed by atoms with Gasteiger partial charge in [0, 0.05) is 53.3 Å². The molecule has 0 saturated carbocycles. The highest BCUT2D eigenvalue weighted by Crippen LogP contribution is 2.40. The summed E-state index contributed by atoms with van der Waals surface area (Å²) in [5.74, 6) is -1.34. The maximum Gasteiger partial charge on any atom is 0.335 e. The third kappa shape index (κ3) is 4.18. The SMILES string of the molecule is COC(C)(C)Cc1c(-c2ccc(C(=O)O)cc2)c2cc(N)c(C=N)cc2n1-c1ccc(F)cc1. The maximum absolute atomic E-state index is 13.8. The van der Waals surface area contributed by atoms with Gasteiger partial charge in [-0.05, 0) is 67.9 Å². The van der Waals surface area contributed by atoms with Gasteiger partial charge < -0.3 is 25.6 Å². The largest absolute Gasteiger partial charge is 0.478 e. The van der Waals surface area contributed by atoms with E-state index in [1.54, 1.807) is 43.5 Å². The van der Waals surface area contributed by atoms with Crippen LogP contribution in [0.1, 0.15) is 35.5 Å². The molecule has 0 radical (unpaired) electrons. The van der Waals surface area contributed by atoms with Crippen molar-refractivity contribution in [2.45, 2.75) is 25.9 Å². The number of methoxy groups -OCH3 is 1. The number of aromatic carboxylic acids is 1. The molecule has 1 heterocycles. The smallest absolute Gasteiger partial charge is 0.335 e. The number of rotatable bonds is 7. The molecular formula is C27H26FN3O3. The fourth-order valence-electron chi connectivity index (χ4n) is 4.17. The zero-order valence-corrected chi connectivity index (χ0v) is 19.2. The number of fused-ring (bicyclic) bond motifs is 1. The second kappa shape index (κ2) is 8.76. The average molecular weight is 460 g/mol. The molecule has 1 aromatic heterocycles. The van der Waals surface area contributed by atoms with Crippen molar-refractivity contribution in [2.24, 2.45) is 0 Å². The Morgan fingerprint density at radius 3 is 2.35 bits per heavy atom. The van der Waals surface area contributed by atoms with Gasteiger partial charge in [0.25, 0.3) is 0 Å². The van der Waals surface area contributed by atoms with Gasteiger partial charge in [-0.3, -0.25) is 0 Å². The maximum atomic E-state index is 13.8. The van der Waals surface area contributed by atoms with E-state index in [0.29, 0.717) is 17.7 Å². The fourth-order valence-corrected chi connectivity index (χ4v) is 4.17. The Bertz CT molecular complexity index is 1390. The van der Waals surface area contributed by atoms with Gasteiger partial charge in [-0.1, -0.05) is 12.1 Å². The summed E-state index contributed by atoms with van der Waals surface area (Å²) >= 11 is 0. The molecule has 174 valence electrons. The average Bonchev–Trinajstić information content (AvgIpc) is 3.10. The highest BCUT2D eigenvalue weighted by atomic mass is 19.1. The van der Waals surface area contributed by atoms with Crippen LogP contribution in [0.15, 0.2) is 60.7 Å². The zero-order valence-electron chi connectivity index (χ0n) is 19.2. The van der Waals surface area contributed by atoms with Crippen LogP contribution in [0.3, 0.4) is 0 Å². The Balaban J connectivity index is 2.13. The summed E-state index contributed by atoms with van der Waals surface area (Å²) in [5, 5.41) is 18.0. The summed E-state index contributed by atoms with van der Waals surface area (Å²) in [6, 6.07) is 16.6. The van der Waals surface area contributed by atoms with Crippen LogP contribution in [0, 0.1) is 11.2 Å². The molecular weight excluding hydrogens is 433 g/mol. The number of carboxylic acid groups (broad SMARTS) is 1. The Hall–Kier alpha value is -3.97. The molecule has 0 atom stereocenters. The summed E-state index contributed by atoms with van der Waals surface area (Å²) in [4.78, 5) is 11.4. The second-order valence-corrected chi connectivity index (χ2v) is 8.80. The quantitative estimate of drug-likeness (QED) is 0.244. The first kappa shape index (κ1) is 23.2. The summed E-state index contributed by atoms with van der Waals surface area (Å²) in [5.41, 5.74) is 11.1. The number of carboxylic acids is 1. The molecule has 7 heteroatoms. The van der Waals surface area contributed by atoms with Crippen molar-refractivity contribution in [3.05, 3.63) is 83.3 Å². The first-order chi connectivity index (χ1) is 16.1. The summed E-state index contributed by atoms with van der Waals surface area (Å²) in [6.07, 6.45) is 1.71. The van der Waals surface area contributed by atoms with E-state index in [4.69, 9.17) is 15.9 Å². The predicted octanol–water partition coefficient (Wildman–Crippen LogP) is 5.68. The van der Waals surface area contributed by atoms with E-state index in [1.807, 2.05) is 30.5 Å². The third-order valence-corrected chi connectivity index (χ3v) is 6.08. The number of nitrogen functional groups attached to an aromatic ring is 1. The molecule has 0 unspecified atom stereocenters. The number of nitrogens with two attached hydrogens (primary N) is 1. The fraction of sp³-hybridized carbons (Fsp3) is 0.185. The second-order valence-electron chi connectivity index (χ2n) is 8.80. The van der Waals surface area contributed by atoms with Crippen LogP contribution in [-0.4, -0.2) is 34.6 Å². The van der Waals surface area contributed by atoms with Crippen molar-refractivity contribution in [1.82, 2.24) is 4.57 Å². The van der Waals surface area contributed by atoms with E-state index >= 15 is 0 Å². The standard InChI is InChI=1S/C27H26FN3O3/c1-27(2,34-3)14-24-25(16-4-6-17(7-5-16)26(32)33)21-13-22(30)18(15-29)12-23(21)31(24)20-10-8-19(28)9-11-20/h4-13,15,29H,14,30H2,1-3H3,(H,32,33). The molecule has 0 aliphatic carbocycles. The normalized spacial score (nSPS) is 11.6. The molecule has 4 rings (SSSR count). The Labute approximate surface area is 196 Å². The molecule has 0 spiro atoms. The number of hydrogen-bond donors (Lipinski definition) is 3. The molecule has 4 N–H and O–H groups in total. The Morgan fingerprint density at radius 1 is 1.15 bits per heavy atom. The van der Waals surface area contributed by atoms with Gasteiger partial charge in [0.15, 0.2) is 0 Å². The molecule has 4 aromatic rings. The molecule has 3 aromatic carbocycles. The van der Waals surface area contributed by atoms with Crippen molar-refractivity contribution in [3.63, 3.8) is 0 Å². The summed E-state index contributed by atoms with van der Waals surface area (Å²) in [6.45, 7) is 3.96. The lowest BCUT2D eigenvalue weighted by atomic mass is 9.94. The van der Waals surface area contributed by atoms with Crippen molar-refractivity contribution in [2.75, 3.05) is 12.8 Å². The van der Waals surface area contributed by atoms with E-state index in [1.165, 1.54) is 18.3 Å². The molecule has 0 aliphatic rings. The minimum atomic E-state index is -0.999. The molecule has 6 nitrogen and oxygen atoms in total. The number of halogens is 1. The minimum Gasteiger partial charge on any atom is -0.478 e. The molecule has 0 aliphatic heterocycles. The van der Waals surface area contributed by atoms with Crippen molar-refractivity contribution in [3.8, 4) is 16.8 Å². The van der Waals surface area contributed by atoms with Gasteiger partial charge in [0.1, 0.15) is 5.82 Å². The molecule has 0 saturated heterocycles. The lowest BCUT2D eigenvalue weighted by Crippen LogP contribution is -2.27. The van der Waals surface area contributed by atoms with Gasteiger partial charge in [-0.15, -0.1) is 0 Å².